The summed E-state index contributed by atoms with van der Waals surface area (Å²) in [5, 5.41) is 0.385. The number of hydrogen-bond acceptors (Lipinski definition) is 4. The lowest BCUT2D eigenvalue weighted by Crippen LogP contribution is -2.37. The summed E-state index contributed by atoms with van der Waals surface area (Å²) in [5.41, 5.74) is 6.63. The molecular formula is C12H17ClN2O2S2. The van der Waals surface area contributed by atoms with E-state index in [0.29, 0.717) is 16.3 Å². The average Bonchev–Trinajstić information content (AvgIpc) is 2.86. The van der Waals surface area contributed by atoms with Crippen LogP contribution in [0.4, 0.5) is 5.69 Å². The number of hydrogen-bond donors (Lipinski definition) is 1. The fraction of sp³-hybridized carbons (Fsp3) is 0.500. The number of nitrogens with two attached hydrogens (primary N) is 1. The van der Waals surface area contributed by atoms with Gasteiger partial charge in [0, 0.05) is 18.8 Å². The number of nitrogens with zero attached hydrogens (tertiary/aromatic N) is 1. The molecule has 1 atom stereocenters. The Kier molecular flexibility index (Phi) is 4.35. The second-order valence-electron chi connectivity index (χ2n) is 4.68. The first-order valence-electron chi connectivity index (χ1n) is 5.95. The molecule has 0 amide bonds. The number of rotatable bonds is 3. The van der Waals surface area contributed by atoms with Crippen LogP contribution in [0, 0.1) is 6.92 Å². The van der Waals surface area contributed by atoms with Crippen molar-refractivity contribution in [2.24, 2.45) is 0 Å². The van der Waals surface area contributed by atoms with Crippen molar-refractivity contribution in [1.82, 2.24) is 4.31 Å². The third-order valence-electron chi connectivity index (χ3n) is 3.37. The van der Waals surface area contributed by atoms with Crippen molar-refractivity contribution in [3.8, 4) is 0 Å². The number of sulfonamides is 1. The normalized spacial score (nSPS) is 20.1. The van der Waals surface area contributed by atoms with Crippen molar-refractivity contribution in [2.45, 2.75) is 24.3 Å². The Morgan fingerprint density at radius 2 is 2.16 bits per heavy atom. The molecule has 0 aromatic heterocycles. The minimum absolute atomic E-state index is 0.0614. The molecule has 19 heavy (non-hydrogen) atoms. The predicted molar refractivity (Wildman–Crippen MR) is 81.3 cm³/mol. The predicted octanol–water partition coefficient (Wildman–Crippen LogP) is 2.36. The van der Waals surface area contributed by atoms with Crippen LogP contribution in [0.25, 0.3) is 0 Å². The summed E-state index contributed by atoms with van der Waals surface area (Å²) in [6.07, 6.45) is 0.891. The van der Waals surface area contributed by atoms with Crippen LogP contribution in [0.3, 0.4) is 0 Å². The second kappa shape index (κ2) is 5.52. The van der Waals surface area contributed by atoms with Crippen LogP contribution in [0.5, 0.6) is 0 Å². The summed E-state index contributed by atoms with van der Waals surface area (Å²) in [4.78, 5) is 0.244. The van der Waals surface area contributed by atoms with Gasteiger partial charge in [-0.2, -0.15) is 16.1 Å². The zero-order valence-electron chi connectivity index (χ0n) is 10.9. The van der Waals surface area contributed by atoms with E-state index in [-0.39, 0.29) is 10.9 Å². The molecule has 1 unspecified atom stereocenters. The van der Waals surface area contributed by atoms with Gasteiger partial charge in [0.1, 0.15) is 0 Å². The summed E-state index contributed by atoms with van der Waals surface area (Å²) in [5.74, 6) is 1.85. The van der Waals surface area contributed by atoms with E-state index < -0.39 is 10.0 Å². The van der Waals surface area contributed by atoms with Crippen LogP contribution in [0.1, 0.15) is 12.0 Å². The lowest BCUT2D eigenvalue weighted by Gasteiger charge is -2.24. The van der Waals surface area contributed by atoms with Crippen molar-refractivity contribution in [3.63, 3.8) is 0 Å². The molecule has 1 heterocycles. The Morgan fingerprint density at radius 3 is 2.74 bits per heavy atom. The van der Waals surface area contributed by atoms with E-state index in [9.17, 15) is 8.42 Å². The maximum atomic E-state index is 12.6. The van der Waals surface area contributed by atoms with E-state index in [1.807, 2.05) is 0 Å². The first-order valence-corrected chi connectivity index (χ1v) is 8.92. The zero-order chi connectivity index (χ0) is 14.2. The topological polar surface area (TPSA) is 63.4 Å². The van der Waals surface area contributed by atoms with Gasteiger partial charge >= 0.3 is 0 Å². The summed E-state index contributed by atoms with van der Waals surface area (Å²) in [6, 6.07) is 3.11. The fourth-order valence-electron chi connectivity index (χ4n) is 2.11. The van der Waals surface area contributed by atoms with Crippen LogP contribution >= 0.6 is 23.4 Å². The van der Waals surface area contributed by atoms with E-state index in [4.69, 9.17) is 17.3 Å². The van der Waals surface area contributed by atoms with Gasteiger partial charge in [-0.3, -0.25) is 0 Å². The molecule has 1 aliphatic heterocycles. The van der Waals surface area contributed by atoms with Crippen LogP contribution in [0.15, 0.2) is 17.0 Å². The third kappa shape index (κ3) is 2.86. The second-order valence-corrected chi connectivity index (χ2v) is 8.20. The lowest BCUT2D eigenvalue weighted by atomic mass is 10.2. The van der Waals surface area contributed by atoms with E-state index in [1.165, 1.54) is 10.4 Å². The maximum Gasteiger partial charge on any atom is 0.243 e. The Balaban J connectivity index is 2.41. The highest BCUT2D eigenvalue weighted by atomic mass is 35.5. The van der Waals surface area contributed by atoms with E-state index >= 15 is 0 Å². The molecule has 0 aliphatic carbocycles. The van der Waals surface area contributed by atoms with Crippen molar-refractivity contribution >= 4 is 39.1 Å². The first-order chi connectivity index (χ1) is 8.84. The molecule has 2 N–H and O–H groups in total. The van der Waals surface area contributed by atoms with E-state index in [0.717, 1.165) is 17.9 Å². The zero-order valence-corrected chi connectivity index (χ0v) is 13.3. The fourth-order valence-corrected chi connectivity index (χ4v) is 5.31. The molecular weight excluding hydrogens is 304 g/mol. The molecule has 1 fully saturated rings. The summed E-state index contributed by atoms with van der Waals surface area (Å²) in [6.45, 7) is 1.73. The molecule has 7 heteroatoms. The monoisotopic (exact) mass is 320 g/mol. The quantitative estimate of drug-likeness (QED) is 0.868. The van der Waals surface area contributed by atoms with Crippen molar-refractivity contribution in [3.05, 3.63) is 22.7 Å². The van der Waals surface area contributed by atoms with Crippen LogP contribution in [0.2, 0.25) is 5.02 Å². The number of nitrogen functional groups attached to an aromatic ring is 1. The van der Waals surface area contributed by atoms with Gasteiger partial charge in [-0.15, -0.1) is 0 Å². The average molecular weight is 321 g/mol. The largest absolute Gasteiger partial charge is 0.397 e. The van der Waals surface area contributed by atoms with Crippen molar-refractivity contribution in [1.29, 1.82) is 0 Å². The van der Waals surface area contributed by atoms with Gasteiger partial charge in [0.05, 0.1) is 15.6 Å². The van der Waals surface area contributed by atoms with Gasteiger partial charge in [-0.05, 0) is 36.8 Å². The molecule has 1 saturated heterocycles. The Bertz CT molecular complexity index is 584. The minimum atomic E-state index is -3.51. The van der Waals surface area contributed by atoms with E-state index in [2.05, 4.69) is 0 Å². The van der Waals surface area contributed by atoms with Crippen LogP contribution in [-0.2, 0) is 10.0 Å². The van der Waals surface area contributed by atoms with Gasteiger partial charge in [-0.25, -0.2) is 8.42 Å². The summed E-state index contributed by atoms with van der Waals surface area (Å²) >= 11 is 7.69. The first kappa shape index (κ1) is 15.0. The Labute approximate surface area is 123 Å². The van der Waals surface area contributed by atoms with Gasteiger partial charge < -0.3 is 5.73 Å². The van der Waals surface area contributed by atoms with E-state index in [1.54, 1.807) is 31.8 Å². The van der Waals surface area contributed by atoms with Gasteiger partial charge in [0.2, 0.25) is 10.0 Å². The van der Waals surface area contributed by atoms with Crippen molar-refractivity contribution in [2.75, 3.05) is 24.3 Å². The SMILES string of the molecule is Cc1cc(Cl)c(N)cc1S(=O)(=O)N(C)C1CCSC1. The highest BCUT2D eigenvalue weighted by Crippen LogP contribution is 2.31. The van der Waals surface area contributed by atoms with Gasteiger partial charge in [0.25, 0.3) is 0 Å². The molecule has 0 bridgehead atoms. The highest BCUT2D eigenvalue weighted by molar-refractivity contribution is 7.99. The molecule has 1 aromatic rings. The van der Waals surface area contributed by atoms with Crippen molar-refractivity contribution < 1.29 is 8.42 Å². The molecule has 4 nitrogen and oxygen atoms in total. The Hall–Kier alpha value is -0.430. The van der Waals surface area contributed by atoms with Crippen LogP contribution < -0.4 is 5.73 Å². The lowest BCUT2D eigenvalue weighted by molar-refractivity contribution is 0.394. The highest BCUT2D eigenvalue weighted by Gasteiger charge is 2.31. The molecule has 0 saturated carbocycles. The number of halogens is 1. The molecule has 0 radical (unpaired) electrons. The maximum absolute atomic E-state index is 12.6. The molecule has 1 aliphatic rings. The molecule has 1 aromatic carbocycles. The number of benzene rings is 1. The van der Waals surface area contributed by atoms with Gasteiger partial charge in [-0.1, -0.05) is 11.6 Å². The standard InChI is InChI=1S/C12H17ClN2O2S2/c1-8-5-10(13)11(14)6-12(8)19(16,17)15(2)9-3-4-18-7-9/h5-6,9H,3-4,7,14H2,1-2H3. The van der Waals surface area contributed by atoms with Crippen LogP contribution in [-0.4, -0.2) is 37.3 Å². The number of aryl methyl sites for hydroxylation is 1. The number of anilines is 1. The summed E-state index contributed by atoms with van der Waals surface area (Å²) < 4.78 is 26.7. The molecule has 106 valence electrons. The smallest absolute Gasteiger partial charge is 0.243 e. The molecule has 0 spiro atoms. The number of thioether (sulfide) groups is 1. The van der Waals surface area contributed by atoms with Gasteiger partial charge in [0.15, 0.2) is 0 Å². The minimum Gasteiger partial charge on any atom is -0.397 e. The summed E-state index contributed by atoms with van der Waals surface area (Å²) in [7, 11) is -1.88. The third-order valence-corrected chi connectivity index (χ3v) is 6.90. The Morgan fingerprint density at radius 1 is 1.47 bits per heavy atom. The molecule has 2 rings (SSSR count).